The molecule has 1 aromatic rings. The molecule has 0 saturated carbocycles. The van der Waals surface area contributed by atoms with Gasteiger partial charge in [0.1, 0.15) is 0 Å². The van der Waals surface area contributed by atoms with E-state index in [0.29, 0.717) is 0 Å². The lowest BCUT2D eigenvalue weighted by Crippen LogP contribution is -2.31. The van der Waals surface area contributed by atoms with Crippen LogP contribution in [0, 0.1) is 0 Å². The molecule has 18 heavy (non-hydrogen) atoms. The standard InChI is InChI=1S/C10H13F3N2O2S/c1-18(16,17)15-6-9(14)7-3-2-4-8(5-7)10(11,12)13/h2-5,9,15H,6,14H2,1H3. The molecule has 1 atom stereocenters. The molecule has 0 aliphatic rings. The van der Waals surface area contributed by atoms with Gasteiger partial charge in [-0.15, -0.1) is 0 Å². The van der Waals surface area contributed by atoms with Crippen LogP contribution in [-0.2, 0) is 16.2 Å². The average molecular weight is 282 g/mol. The van der Waals surface area contributed by atoms with Gasteiger partial charge in [-0.1, -0.05) is 12.1 Å². The first kappa shape index (κ1) is 14.9. The van der Waals surface area contributed by atoms with Crippen molar-refractivity contribution in [2.24, 2.45) is 5.73 Å². The molecule has 0 aromatic heterocycles. The second-order valence-corrected chi connectivity index (χ2v) is 5.68. The minimum Gasteiger partial charge on any atom is -0.323 e. The summed E-state index contributed by atoms with van der Waals surface area (Å²) in [6.07, 6.45) is -3.49. The van der Waals surface area contributed by atoms with Crippen molar-refractivity contribution in [3.8, 4) is 0 Å². The van der Waals surface area contributed by atoms with E-state index in [1.54, 1.807) is 0 Å². The molecule has 1 unspecified atom stereocenters. The highest BCUT2D eigenvalue weighted by Gasteiger charge is 2.30. The summed E-state index contributed by atoms with van der Waals surface area (Å²) in [6.45, 7) is -0.153. The molecule has 0 bridgehead atoms. The summed E-state index contributed by atoms with van der Waals surface area (Å²) < 4.78 is 61.2. The third kappa shape index (κ3) is 4.63. The zero-order valence-corrected chi connectivity index (χ0v) is 10.3. The number of sulfonamides is 1. The second-order valence-electron chi connectivity index (χ2n) is 3.85. The molecule has 4 nitrogen and oxygen atoms in total. The highest BCUT2D eigenvalue weighted by Crippen LogP contribution is 2.30. The van der Waals surface area contributed by atoms with Gasteiger partial charge in [0.05, 0.1) is 11.8 Å². The summed E-state index contributed by atoms with van der Waals surface area (Å²) in [6, 6.07) is 3.67. The Hall–Kier alpha value is -1.12. The molecular formula is C10H13F3N2O2S. The molecule has 0 saturated heterocycles. The van der Waals surface area contributed by atoms with Gasteiger partial charge in [0.2, 0.25) is 10.0 Å². The molecule has 3 N–H and O–H groups in total. The molecule has 102 valence electrons. The number of alkyl halides is 3. The number of nitrogens with one attached hydrogen (secondary N) is 1. The van der Waals surface area contributed by atoms with Crippen LogP contribution in [0.5, 0.6) is 0 Å². The van der Waals surface area contributed by atoms with Crippen molar-refractivity contribution < 1.29 is 21.6 Å². The van der Waals surface area contributed by atoms with Crippen LogP contribution in [0.1, 0.15) is 17.2 Å². The molecule has 0 spiro atoms. The third-order valence-electron chi connectivity index (χ3n) is 2.21. The number of nitrogens with two attached hydrogens (primary N) is 1. The lowest BCUT2D eigenvalue weighted by Gasteiger charge is -2.14. The van der Waals surface area contributed by atoms with Gasteiger partial charge in [0.15, 0.2) is 0 Å². The van der Waals surface area contributed by atoms with Crippen molar-refractivity contribution in [1.29, 1.82) is 0 Å². The Morgan fingerprint density at radius 3 is 2.50 bits per heavy atom. The molecule has 8 heteroatoms. The lowest BCUT2D eigenvalue weighted by molar-refractivity contribution is -0.137. The monoisotopic (exact) mass is 282 g/mol. The summed E-state index contributed by atoms with van der Waals surface area (Å²) in [5.74, 6) is 0. The van der Waals surface area contributed by atoms with Crippen LogP contribution in [0.15, 0.2) is 24.3 Å². The fraction of sp³-hybridized carbons (Fsp3) is 0.400. The number of hydrogen-bond acceptors (Lipinski definition) is 3. The Kier molecular flexibility index (Phi) is 4.36. The smallest absolute Gasteiger partial charge is 0.323 e. The van der Waals surface area contributed by atoms with Crippen LogP contribution in [0.25, 0.3) is 0 Å². The van der Waals surface area contributed by atoms with Gasteiger partial charge in [-0.3, -0.25) is 0 Å². The first-order chi connectivity index (χ1) is 8.09. The molecule has 0 aliphatic carbocycles. The number of rotatable bonds is 4. The van der Waals surface area contributed by atoms with Crippen LogP contribution in [0.4, 0.5) is 13.2 Å². The van der Waals surface area contributed by atoms with Crippen LogP contribution >= 0.6 is 0 Å². The van der Waals surface area contributed by atoms with Crippen molar-refractivity contribution in [2.75, 3.05) is 12.8 Å². The van der Waals surface area contributed by atoms with Gasteiger partial charge < -0.3 is 5.73 Å². The Bertz CT molecular complexity index is 514. The van der Waals surface area contributed by atoms with E-state index in [1.807, 2.05) is 0 Å². The highest BCUT2D eigenvalue weighted by atomic mass is 32.2. The van der Waals surface area contributed by atoms with E-state index >= 15 is 0 Å². The van der Waals surface area contributed by atoms with Gasteiger partial charge in [-0.2, -0.15) is 13.2 Å². The molecule has 0 aliphatic heterocycles. The van der Waals surface area contributed by atoms with E-state index in [0.717, 1.165) is 18.4 Å². The maximum atomic E-state index is 12.5. The Labute approximate surface area is 103 Å². The van der Waals surface area contributed by atoms with Crippen molar-refractivity contribution >= 4 is 10.0 Å². The zero-order valence-electron chi connectivity index (χ0n) is 9.53. The SMILES string of the molecule is CS(=O)(=O)NCC(N)c1cccc(C(F)(F)F)c1. The molecule has 0 heterocycles. The van der Waals surface area contributed by atoms with Crippen LogP contribution in [0.2, 0.25) is 0 Å². The lowest BCUT2D eigenvalue weighted by atomic mass is 10.0. The Balaban J connectivity index is 2.84. The maximum Gasteiger partial charge on any atom is 0.416 e. The number of hydrogen-bond donors (Lipinski definition) is 2. The largest absolute Gasteiger partial charge is 0.416 e. The molecule has 1 rings (SSSR count). The summed E-state index contributed by atoms with van der Waals surface area (Å²) in [7, 11) is -3.42. The third-order valence-corrected chi connectivity index (χ3v) is 2.90. The minimum atomic E-state index is -4.44. The fourth-order valence-electron chi connectivity index (χ4n) is 1.30. The first-order valence-electron chi connectivity index (χ1n) is 4.97. The topological polar surface area (TPSA) is 72.2 Å². The average Bonchev–Trinajstić information content (AvgIpc) is 2.24. The predicted molar refractivity (Wildman–Crippen MR) is 61.2 cm³/mol. The maximum absolute atomic E-state index is 12.5. The van der Waals surface area contributed by atoms with Gasteiger partial charge in [-0.05, 0) is 17.7 Å². The van der Waals surface area contributed by atoms with Crippen molar-refractivity contribution in [3.05, 3.63) is 35.4 Å². The molecule has 0 radical (unpaired) electrons. The van der Waals surface area contributed by atoms with E-state index in [9.17, 15) is 21.6 Å². The number of halogens is 3. The van der Waals surface area contributed by atoms with E-state index in [1.165, 1.54) is 12.1 Å². The highest BCUT2D eigenvalue weighted by molar-refractivity contribution is 7.88. The summed E-state index contributed by atoms with van der Waals surface area (Å²) in [4.78, 5) is 0. The van der Waals surface area contributed by atoms with E-state index in [2.05, 4.69) is 4.72 Å². The summed E-state index contributed by atoms with van der Waals surface area (Å²) in [5.41, 5.74) is 5.03. The van der Waals surface area contributed by atoms with Crippen LogP contribution < -0.4 is 10.5 Å². The van der Waals surface area contributed by atoms with Gasteiger partial charge >= 0.3 is 6.18 Å². The molecule has 1 aromatic carbocycles. The summed E-state index contributed by atoms with van der Waals surface area (Å²) in [5, 5.41) is 0. The quantitative estimate of drug-likeness (QED) is 0.873. The van der Waals surface area contributed by atoms with E-state index in [4.69, 9.17) is 5.73 Å². The fourth-order valence-corrected chi connectivity index (χ4v) is 1.79. The van der Waals surface area contributed by atoms with Crippen LogP contribution in [-0.4, -0.2) is 21.2 Å². The van der Waals surface area contributed by atoms with E-state index in [-0.39, 0.29) is 12.1 Å². The van der Waals surface area contributed by atoms with Crippen molar-refractivity contribution in [3.63, 3.8) is 0 Å². The predicted octanol–water partition coefficient (Wildman–Crippen LogP) is 1.25. The molecule has 0 fully saturated rings. The van der Waals surface area contributed by atoms with Gasteiger partial charge in [0, 0.05) is 12.6 Å². The van der Waals surface area contributed by atoms with Crippen molar-refractivity contribution in [2.45, 2.75) is 12.2 Å². The minimum absolute atomic E-state index is 0.153. The Morgan fingerprint density at radius 2 is 2.00 bits per heavy atom. The normalized spacial score (nSPS) is 14.5. The van der Waals surface area contributed by atoms with Crippen molar-refractivity contribution in [1.82, 2.24) is 4.72 Å². The van der Waals surface area contributed by atoms with Gasteiger partial charge in [0.25, 0.3) is 0 Å². The second kappa shape index (κ2) is 5.25. The van der Waals surface area contributed by atoms with Gasteiger partial charge in [-0.25, -0.2) is 13.1 Å². The van der Waals surface area contributed by atoms with E-state index < -0.39 is 27.8 Å². The zero-order chi connectivity index (χ0) is 14.0. The first-order valence-corrected chi connectivity index (χ1v) is 6.86. The Morgan fingerprint density at radius 1 is 1.39 bits per heavy atom. The molecular weight excluding hydrogens is 269 g/mol. The van der Waals surface area contributed by atoms with Crippen LogP contribution in [0.3, 0.4) is 0 Å². The number of benzene rings is 1. The summed E-state index contributed by atoms with van der Waals surface area (Å²) >= 11 is 0. The molecule has 0 amide bonds.